The van der Waals surface area contributed by atoms with Crippen molar-refractivity contribution in [1.29, 1.82) is 0 Å². The summed E-state index contributed by atoms with van der Waals surface area (Å²) in [4.78, 5) is 6.35. The number of hydrogen-bond donors (Lipinski definition) is 3. The topological polar surface area (TPSA) is 73.3 Å². The molecule has 9 heteroatoms. The van der Waals surface area contributed by atoms with Crippen molar-refractivity contribution in [3.63, 3.8) is 0 Å². The normalized spacial score (nSPS) is 17.2. The molecule has 30 heavy (non-hydrogen) atoms. The van der Waals surface area contributed by atoms with Crippen LogP contribution in [0.4, 0.5) is 26.0 Å². The maximum atomic E-state index is 15.4. The van der Waals surface area contributed by atoms with Crippen LogP contribution in [0.1, 0.15) is 18.2 Å². The summed E-state index contributed by atoms with van der Waals surface area (Å²) in [7, 11) is 0. The lowest BCUT2D eigenvalue weighted by Gasteiger charge is -2.34. The van der Waals surface area contributed by atoms with Crippen molar-refractivity contribution < 1.29 is 8.78 Å². The lowest BCUT2D eigenvalue weighted by Crippen LogP contribution is -2.49. The molecule has 7 nitrogen and oxygen atoms in total. The van der Waals surface area contributed by atoms with E-state index in [0.29, 0.717) is 39.7 Å². The Bertz CT molecular complexity index is 1260. The molecule has 0 spiro atoms. The van der Waals surface area contributed by atoms with Crippen molar-refractivity contribution in [2.45, 2.75) is 26.8 Å². The van der Waals surface area contributed by atoms with E-state index in [9.17, 15) is 4.39 Å². The standard InChI is InChI=1S/C21H23F2N7/c1-11-8-29(5-4-24-11)17-7-16-18(19(23)13(17)3)20(28-27-16)26-14-6-15(22)21-25-12(2)9-30(21)10-14/h6-7,9-11,24H,4-5,8H2,1-3H3,(H2,26,27,28). The van der Waals surface area contributed by atoms with Gasteiger partial charge in [-0.05, 0) is 26.8 Å². The summed E-state index contributed by atoms with van der Waals surface area (Å²) < 4.78 is 31.4. The molecular formula is C21H23F2N7. The molecule has 1 saturated heterocycles. The van der Waals surface area contributed by atoms with E-state index >= 15 is 4.39 Å². The number of fused-ring (bicyclic) bond motifs is 2. The highest BCUT2D eigenvalue weighted by Gasteiger charge is 2.23. The van der Waals surface area contributed by atoms with Gasteiger partial charge in [-0.15, -0.1) is 0 Å². The summed E-state index contributed by atoms with van der Waals surface area (Å²) >= 11 is 0. The fourth-order valence-corrected chi connectivity index (χ4v) is 4.18. The van der Waals surface area contributed by atoms with E-state index in [-0.39, 0.29) is 11.5 Å². The molecule has 1 aromatic carbocycles. The predicted octanol–water partition coefficient (Wildman–Crippen LogP) is 3.65. The van der Waals surface area contributed by atoms with Crippen LogP contribution >= 0.6 is 0 Å². The van der Waals surface area contributed by atoms with Crippen molar-refractivity contribution in [3.8, 4) is 0 Å². The first-order chi connectivity index (χ1) is 14.4. The number of benzene rings is 1. The van der Waals surface area contributed by atoms with E-state index in [1.807, 2.05) is 6.07 Å². The molecule has 5 rings (SSSR count). The fourth-order valence-electron chi connectivity index (χ4n) is 4.18. The van der Waals surface area contributed by atoms with Crippen LogP contribution in [0.2, 0.25) is 0 Å². The number of aromatic nitrogens is 4. The van der Waals surface area contributed by atoms with E-state index in [0.717, 1.165) is 25.3 Å². The lowest BCUT2D eigenvalue weighted by atomic mass is 10.1. The van der Waals surface area contributed by atoms with Crippen LogP contribution in [0.25, 0.3) is 16.6 Å². The molecule has 0 aliphatic carbocycles. The van der Waals surface area contributed by atoms with Gasteiger partial charge >= 0.3 is 0 Å². The lowest BCUT2D eigenvalue weighted by molar-refractivity contribution is 0.483. The average Bonchev–Trinajstić information content (AvgIpc) is 3.28. The average molecular weight is 411 g/mol. The number of rotatable bonds is 3. The summed E-state index contributed by atoms with van der Waals surface area (Å²) in [6, 6.07) is 3.61. The first-order valence-electron chi connectivity index (χ1n) is 9.98. The third kappa shape index (κ3) is 3.06. The Hall–Kier alpha value is -3.20. The zero-order chi connectivity index (χ0) is 21.0. The second kappa shape index (κ2) is 6.94. The van der Waals surface area contributed by atoms with Crippen LogP contribution in [-0.4, -0.2) is 45.3 Å². The Morgan fingerprint density at radius 1 is 1.20 bits per heavy atom. The molecule has 1 fully saturated rings. The second-order valence-corrected chi connectivity index (χ2v) is 7.95. The van der Waals surface area contributed by atoms with Crippen molar-refractivity contribution in [2.75, 3.05) is 29.9 Å². The smallest absolute Gasteiger partial charge is 0.173 e. The molecule has 0 amide bonds. The van der Waals surface area contributed by atoms with Gasteiger partial charge in [-0.3, -0.25) is 5.10 Å². The molecule has 1 atom stereocenters. The molecule has 1 aliphatic heterocycles. The van der Waals surface area contributed by atoms with Gasteiger partial charge in [0.05, 0.1) is 22.3 Å². The predicted molar refractivity (Wildman–Crippen MR) is 114 cm³/mol. The number of nitrogens with one attached hydrogen (secondary N) is 3. The van der Waals surface area contributed by atoms with Gasteiger partial charge in [-0.25, -0.2) is 13.8 Å². The number of aryl methyl sites for hydroxylation is 1. The first kappa shape index (κ1) is 18.8. The van der Waals surface area contributed by atoms with Crippen LogP contribution in [0.15, 0.2) is 24.5 Å². The quantitative estimate of drug-likeness (QED) is 0.480. The van der Waals surface area contributed by atoms with Gasteiger partial charge in [0.25, 0.3) is 0 Å². The zero-order valence-corrected chi connectivity index (χ0v) is 17.1. The number of halogens is 2. The largest absolute Gasteiger partial charge is 0.368 e. The molecule has 1 aliphatic rings. The van der Waals surface area contributed by atoms with Crippen molar-refractivity contribution in [1.82, 2.24) is 24.9 Å². The van der Waals surface area contributed by atoms with Gasteiger partial charge in [0.1, 0.15) is 5.82 Å². The monoisotopic (exact) mass is 411 g/mol. The van der Waals surface area contributed by atoms with E-state index in [1.54, 1.807) is 30.6 Å². The van der Waals surface area contributed by atoms with Gasteiger partial charge in [0.15, 0.2) is 17.3 Å². The highest BCUT2D eigenvalue weighted by atomic mass is 19.1. The first-order valence-corrected chi connectivity index (χ1v) is 9.98. The summed E-state index contributed by atoms with van der Waals surface area (Å²) in [5.41, 5.74) is 3.47. The SMILES string of the molecule is Cc1cn2cc(Nc3n[nH]c4cc(N5CCNC(C)C5)c(C)c(F)c34)cc(F)c2n1. The Morgan fingerprint density at radius 3 is 2.83 bits per heavy atom. The number of imidazole rings is 1. The number of H-pyrrole nitrogens is 1. The molecule has 3 aromatic heterocycles. The van der Waals surface area contributed by atoms with E-state index in [4.69, 9.17) is 0 Å². The number of aromatic amines is 1. The summed E-state index contributed by atoms with van der Waals surface area (Å²) in [5.74, 6) is -0.467. The molecule has 0 radical (unpaired) electrons. The van der Waals surface area contributed by atoms with Crippen LogP contribution in [-0.2, 0) is 0 Å². The van der Waals surface area contributed by atoms with Crippen molar-refractivity contribution in [3.05, 3.63) is 47.4 Å². The maximum absolute atomic E-state index is 15.4. The molecule has 0 bridgehead atoms. The third-order valence-corrected chi connectivity index (χ3v) is 5.61. The number of hydrogen-bond acceptors (Lipinski definition) is 5. The Kier molecular flexibility index (Phi) is 4.35. The minimum Gasteiger partial charge on any atom is -0.368 e. The summed E-state index contributed by atoms with van der Waals surface area (Å²) in [6.07, 6.45) is 3.44. The highest BCUT2D eigenvalue weighted by molar-refractivity contribution is 5.95. The molecule has 4 aromatic rings. The van der Waals surface area contributed by atoms with Gasteiger partial charge in [0, 0.05) is 55.4 Å². The van der Waals surface area contributed by atoms with E-state index in [2.05, 4.69) is 37.6 Å². The Labute approximate surface area is 172 Å². The molecule has 3 N–H and O–H groups in total. The highest BCUT2D eigenvalue weighted by Crippen LogP contribution is 2.34. The van der Waals surface area contributed by atoms with E-state index in [1.165, 1.54) is 6.07 Å². The number of nitrogens with zero attached hydrogens (tertiary/aromatic N) is 4. The number of piperazine rings is 1. The van der Waals surface area contributed by atoms with Gasteiger partial charge in [0.2, 0.25) is 0 Å². The molecular weight excluding hydrogens is 388 g/mol. The van der Waals surface area contributed by atoms with Crippen LogP contribution in [0.3, 0.4) is 0 Å². The molecule has 1 unspecified atom stereocenters. The van der Waals surface area contributed by atoms with Crippen molar-refractivity contribution in [2.24, 2.45) is 0 Å². The van der Waals surface area contributed by atoms with Crippen LogP contribution < -0.4 is 15.5 Å². The van der Waals surface area contributed by atoms with E-state index < -0.39 is 5.82 Å². The Morgan fingerprint density at radius 2 is 2.03 bits per heavy atom. The zero-order valence-electron chi connectivity index (χ0n) is 17.1. The van der Waals surface area contributed by atoms with Crippen molar-refractivity contribution >= 4 is 33.7 Å². The van der Waals surface area contributed by atoms with Crippen LogP contribution in [0.5, 0.6) is 0 Å². The number of anilines is 3. The third-order valence-electron chi connectivity index (χ3n) is 5.61. The summed E-state index contributed by atoms with van der Waals surface area (Å²) in [5, 5.41) is 14.0. The molecule has 0 saturated carbocycles. The second-order valence-electron chi connectivity index (χ2n) is 7.95. The number of pyridine rings is 1. The van der Waals surface area contributed by atoms with Gasteiger partial charge < -0.3 is 19.9 Å². The molecule has 156 valence electrons. The van der Waals surface area contributed by atoms with Gasteiger partial charge in [-0.2, -0.15) is 5.10 Å². The summed E-state index contributed by atoms with van der Waals surface area (Å²) in [6.45, 7) is 8.20. The maximum Gasteiger partial charge on any atom is 0.173 e. The molecule has 4 heterocycles. The fraction of sp³-hybridized carbons (Fsp3) is 0.333. The van der Waals surface area contributed by atoms with Gasteiger partial charge in [-0.1, -0.05) is 0 Å². The minimum absolute atomic E-state index is 0.252. The minimum atomic E-state index is -0.459. The van der Waals surface area contributed by atoms with Crippen LogP contribution in [0, 0.1) is 25.5 Å². The Balaban J connectivity index is 1.54.